The molecule has 0 aromatic carbocycles. The Kier molecular flexibility index (Phi) is 4.06. The Labute approximate surface area is 127 Å². The summed E-state index contributed by atoms with van der Waals surface area (Å²) in [7, 11) is 1.57. The van der Waals surface area contributed by atoms with Gasteiger partial charge in [-0.25, -0.2) is 4.98 Å². The SMILES string of the molecule is COc1ccc([C@H]2OCC[C@@H]2NC(=O)c2cc(C)no2)cn1. The largest absolute Gasteiger partial charge is 0.481 e. The Morgan fingerprint density at radius 1 is 1.45 bits per heavy atom. The minimum absolute atomic E-state index is 0.131. The molecular weight excluding hydrogens is 286 g/mol. The first-order valence-electron chi connectivity index (χ1n) is 7.03. The number of carbonyl (C=O) groups is 1. The van der Waals surface area contributed by atoms with Crippen LogP contribution in [0.5, 0.6) is 5.88 Å². The third-order valence-electron chi connectivity index (χ3n) is 3.56. The summed E-state index contributed by atoms with van der Waals surface area (Å²) in [5, 5.41) is 6.65. The van der Waals surface area contributed by atoms with Gasteiger partial charge in [0.2, 0.25) is 11.6 Å². The topological polar surface area (TPSA) is 86.5 Å². The lowest BCUT2D eigenvalue weighted by molar-refractivity contribution is 0.0793. The van der Waals surface area contributed by atoms with Crippen molar-refractivity contribution < 1.29 is 18.8 Å². The van der Waals surface area contributed by atoms with Crippen LogP contribution in [0.2, 0.25) is 0 Å². The van der Waals surface area contributed by atoms with Crippen LogP contribution < -0.4 is 10.1 Å². The minimum Gasteiger partial charge on any atom is -0.481 e. The van der Waals surface area contributed by atoms with Gasteiger partial charge in [0.05, 0.1) is 18.8 Å². The molecule has 2 aromatic rings. The molecule has 1 aliphatic heterocycles. The summed E-state index contributed by atoms with van der Waals surface area (Å²) in [6.45, 7) is 2.35. The van der Waals surface area contributed by atoms with Crippen LogP contribution in [0.1, 0.15) is 34.3 Å². The van der Waals surface area contributed by atoms with Crippen LogP contribution in [0.4, 0.5) is 0 Å². The number of carbonyl (C=O) groups excluding carboxylic acids is 1. The maximum absolute atomic E-state index is 12.2. The molecule has 0 radical (unpaired) electrons. The van der Waals surface area contributed by atoms with E-state index in [-0.39, 0.29) is 23.8 Å². The van der Waals surface area contributed by atoms with Crippen molar-refractivity contribution in [2.45, 2.75) is 25.5 Å². The highest BCUT2D eigenvalue weighted by atomic mass is 16.5. The fourth-order valence-corrected chi connectivity index (χ4v) is 2.46. The predicted molar refractivity (Wildman–Crippen MR) is 76.6 cm³/mol. The van der Waals surface area contributed by atoms with Gasteiger partial charge in [-0.05, 0) is 19.4 Å². The second-order valence-electron chi connectivity index (χ2n) is 5.13. The van der Waals surface area contributed by atoms with Crippen LogP contribution in [-0.2, 0) is 4.74 Å². The van der Waals surface area contributed by atoms with E-state index >= 15 is 0 Å². The summed E-state index contributed by atoms with van der Waals surface area (Å²) in [4.78, 5) is 16.3. The van der Waals surface area contributed by atoms with Gasteiger partial charge in [0.1, 0.15) is 6.10 Å². The molecule has 0 spiro atoms. The van der Waals surface area contributed by atoms with Crippen molar-refractivity contribution in [3.63, 3.8) is 0 Å². The maximum Gasteiger partial charge on any atom is 0.290 e. The highest BCUT2D eigenvalue weighted by Gasteiger charge is 2.32. The molecule has 0 bridgehead atoms. The predicted octanol–water partition coefficient (Wildman–Crippen LogP) is 1.65. The lowest BCUT2D eigenvalue weighted by Gasteiger charge is -2.19. The molecule has 22 heavy (non-hydrogen) atoms. The monoisotopic (exact) mass is 303 g/mol. The van der Waals surface area contributed by atoms with Gasteiger partial charge in [0, 0.05) is 30.5 Å². The van der Waals surface area contributed by atoms with Crippen LogP contribution in [0.15, 0.2) is 28.9 Å². The average Bonchev–Trinajstić information content (AvgIpc) is 3.16. The van der Waals surface area contributed by atoms with Gasteiger partial charge < -0.3 is 19.3 Å². The van der Waals surface area contributed by atoms with Crippen molar-refractivity contribution in [3.8, 4) is 5.88 Å². The number of hydrogen-bond acceptors (Lipinski definition) is 6. The summed E-state index contributed by atoms with van der Waals surface area (Å²) in [6, 6.07) is 5.14. The average molecular weight is 303 g/mol. The molecule has 0 aliphatic carbocycles. The first-order valence-corrected chi connectivity index (χ1v) is 7.03. The summed E-state index contributed by atoms with van der Waals surface area (Å²) in [5.74, 6) is 0.457. The quantitative estimate of drug-likeness (QED) is 0.924. The number of aromatic nitrogens is 2. The number of nitrogens with one attached hydrogen (secondary N) is 1. The minimum atomic E-state index is -0.289. The zero-order valence-electron chi connectivity index (χ0n) is 12.4. The van der Waals surface area contributed by atoms with Gasteiger partial charge in [0.15, 0.2) is 0 Å². The van der Waals surface area contributed by atoms with E-state index in [1.165, 1.54) is 0 Å². The fraction of sp³-hybridized carbons (Fsp3) is 0.400. The van der Waals surface area contributed by atoms with Crippen molar-refractivity contribution in [3.05, 3.63) is 41.4 Å². The zero-order chi connectivity index (χ0) is 15.5. The van der Waals surface area contributed by atoms with Crippen LogP contribution in [-0.4, -0.2) is 35.8 Å². The molecule has 116 valence electrons. The maximum atomic E-state index is 12.2. The van der Waals surface area contributed by atoms with E-state index in [4.69, 9.17) is 14.0 Å². The molecule has 3 rings (SSSR count). The van der Waals surface area contributed by atoms with E-state index < -0.39 is 0 Å². The molecule has 1 fully saturated rings. The molecule has 0 unspecified atom stereocenters. The van der Waals surface area contributed by atoms with E-state index in [2.05, 4.69) is 15.5 Å². The van der Waals surface area contributed by atoms with Gasteiger partial charge >= 0.3 is 0 Å². The Bertz CT molecular complexity index is 653. The van der Waals surface area contributed by atoms with E-state index in [0.29, 0.717) is 18.2 Å². The summed E-state index contributed by atoms with van der Waals surface area (Å²) < 4.78 is 15.7. The molecule has 1 aliphatic rings. The van der Waals surface area contributed by atoms with Crippen molar-refractivity contribution in [1.82, 2.24) is 15.5 Å². The zero-order valence-corrected chi connectivity index (χ0v) is 12.4. The number of methoxy groups -OCH3 is 1. The first-order chi connectivity index (χ1) is 10.7. The van der Waals surface area contributed by atoms with Crippen LogP contribution in [0, 0.1) is 6.92 Å². The van der Waals surface area contributed by atoms with Crippen LogP contribution >= 0.6 is 0 Å². The molecule has 1 saturated heterocycles. The summed E-state index contributed by atoms with van der Waals surface area (Å²) in [6.07, 6.45) is 2.20. The fourth-order valence-electron chi connectivity index (χ4n) is 2.46. The molecule has 0 saturated carbocycles. The lowest BCUT2D eigenvalue weighted by atomic mass is 10.0. The molecule has 1 amide bonds. The van der Waals surface area contributed by atoms with Gasteiger partial charge in [0.25, 0.3) is 5.91 Å². The van der Waals surface area contributed by atoms with Crippen LogP contribution in [0.25, 0.3) is 0 Å². The van der Waals surface area contributed by atoms with Crippen molar-refractivity contribution in [1.29, 1.82) is 0 Å². The second-order valence-corrected chi connectivity index (χ2v) is 5.13. The van der Waals surface area contributed by atoms with E-state index in [9.17, 15) is 4.79 Å². The highest BCUT2D eigenvalue weighted by molar-refractivity contribution is 5.91. The number of amides is 1. The second kappa shape index (κ2) is 6.15. The van der Waals surface area contributed by atoms with E-state index in [1.807, 2.05) is 6.07 Å². The summed E-state index contributed by atoms with van der Waals surface area (Å²) >= 11 is 0. The van der Waals surface area contributed by atoms with Gasteiger partial charge in [-0.15, -0.1) is 0 Å². The van der Waals surface area contributed by atoms with E-state index in [0.717, 1.165) is 12.0 Å². The standard InChI is InChI=1S/C15H17N3O4/c1-9-7-12(22-18-9)15(19)17-11-5-6-21-14(11)10-3-4-13(20-2)16-8-10/h3-4,7-8,11,14H,5-6H2,1-2H3,(H,17,19)/t11-,14+/m0/s1. The molecule has 7 nitrogen and oxygen atoms in total. The van der Waals surface area contributed by atoms with Crippen LogP contribution in [0.3, 0.4) is 0 Å². The normalized spacial score (nSPS) is 20.8. The summed E-state index contributed by atoms with van der Waals surface area (Å²) in [5.41, 5.74) is 1.57. The molecule has 7 heteroatoms. The Morgan fingerprint density at radius 2 is 2.32 bits per heavy atom. The molecule has 1 N–H and O–H groups in total. The number of hydrogen-bond donors (Lipinski definition) is 1. The Morgan fingerprint density at radius 3 is 2.95 bits per heavy atom. The number of ether oxygens (including phenoxy) is 2. The van der Waals surface area contributed by atoms with Gasteiger partial charge in [-0.2, -0.15) is 0 Å². The highest BCUT2D eigenvalue weighted by Crippen LogP contribution is 2.29. The Hall–Kier alpha value is -2.41. The van der Waals surface area contributed by atoms with E-state index in [1.54, 1.807) is 32.4 Å². The molecule has 2 atom stereocenters. The lowest BCUT2D eigenvalue weighted by Crippen LogP contribution is -2.36. The Balaban J connectivity index is 1.71. The third-order valence-corrected chi connectivity index (χ3v) is 3.56. The number of aryl methyl sites for hydroxylation is 1. The molecule has 3 heterocycles. The molecule has 2 aromatic heterocycles. The first kappa shape index (κ1) is 14.5. The smallest absolute Gasteiger partial charge is 0.290 e. The number of nitrogens with zero attached hydrogens (tertiary/aromatic N) is 2. The number of pyridine rings is 1. The van der Waals surface area contributed by atoms with Gasteiger partial charge in [-0.3, -0.25) is 4.79 Å². The number of rotatable bonds is 4. The van der Waals surface area contributed by atoms with Crippen molar-refractivity contribution in [2.24, 2.45) is 0 Å². The van der Waals surface area contributed by atoms with Crippen molar-refractivity contribution in [2.75, 3.05) is 13.7 Å². The van der Waals surface area contributed by atoms with Crippen molar-refractivity contribution >= 4 is 5.91 Å². The molecular formula is C15H17N3O4. The third kappa shape index (κ3) is 2.94. The van der Waals surface area contributed by atoms with Gasteiger partial charge in [-0.1, -0.05) is 5.16 Å².